The second-order valence-corrected chi connectivity index (χ2v) is 5.25. The average Bonchev–Trinajstić information content (AvgIpc) is 2.48. The smallest absolute Gasteiger partial charge is 0.227 e. The predicted molar refractivity (Wildman–Crippen MR) is 78.4 cm³/mol. The van der Waals surface area contributed by atoms with Gasteiger partial charge in [-0.2, -0.15) is 0 Å². The van der Waals surface area contributed by atoms with E-state index in [1.54, 1.807) is 6.20 Å². The van der Waals surface area contributed by atoms with Crippen molar-refractivity contribution >= 4 is 17.4 Å². The van der Waals surface area contributed by atoms with Crippen LogP contribution in [-0.4, -0.2) is 24.0 Å². The Bertz CT molecular complexity index is 410. The van der Waals surface area contributed by atoms with Crippen LogP contribution in [0.5, 0.6) is 0 Å². The Balaban J connectivity index is 1.96. The summed E-state index contributed by atoms with van der Waals surface area (Å²) in [6.07, 6.45) is 6.41. The molecule has 1 atom stereocenters. The van der Waals surface area contributed by atoms with Crippen LogP contribution in [0.2, 0.25) is 0 Å². The quantitative estimate of drug-likeness (QED) is 0.906. The van der Waals surface area contributed by atoms with Gasteiger partial charge in [-0.25, -0.2) is 4.98 Å². The lowest BCUT2D eigenvalue weighted by atomic mass is 10.1. The largest absolute Gasteiger partial charge is 0.357 e. The van der Waals surface area contributed by atoms with Crippen LogP contribution in [0.1, 0.15) is 39.5 Å². The highest BCUT2D eigenvalue weighted by molar-refractivity contribution is 5.92. The number of aromatic nitrogens is 1. The molecule has 1 aromatic heterocycles. The first-order valence-electron chi connectivity index (χ1n) is 7.22. The van der Waals surface area contributed by atoms with E-state index in [-0.39, 0.29) is 11.8 Å². The van der Waals surface area contributed by atoms with Crippen LogP contribution >= 0.6 is 0 Å². The highest BCUT2D eigenvalue weighted by atomic mass is 16.1. The van der Waals surface area contributed by atoms with E-state index in [1.165, 1.54) is 19.3 Å². The lowest BCUT2D eigenvalue weighted by Crippen LogP contribution is -2.30. The highest BCUT2D eigenvalue weighted by Gasteiger charge is 2.13. The third-order valence-electron chi connectivity index (χ3n) is 3.76. The number of amides is 1. The molecule has 1 N–H and O–H groups in total. The van der Waals surface area contributed by atoms with Gasteiger partial charge in [-0.05, 0) is 37.8 Å². The van der Waals surface area contributed by atoms with Crippen molar-refractivity contribution in [2.24, 2.45) is 5.92 Å². The zero-order valence-corrected chi connectivity index (χ0v) is 11.9. The molecule has 0 saturated carbocycles. The molecule has 0 aromatic carbocycles. The van der Waals surface area contributed by atoms with Gasteiger partial charge in [-0.3, -0.25) is 4.79 Å². The van der Waals surface area contributed by atoms with E-state index in [1.807, 2.05) is 26.0 Å². The summed E-state index contributed by atoms with van der Waals surface area (Å²) in [6, 6.07) is 3.94. The standard InChI is InChI=1S/C15H23N3O/c1-3-12(2)15(19)17-13-7-8-14(16-11-13)18-9-5-4-6-10-18/h7-8,11-12H,3-6,9-10H2,1-2H3,(H,17,19). The van der Waals surface area contributed by atoms with Gasteiger partial charge in [0.05, 0.1) is 11.9 Å². The summed E-state index contributed by atoms with van der Waals surface area (Å²) in [6.45, 7) is 6.13. The lowest BCUT2D eigenvalue weighted by Gasteiger charge is -2.27. The maximum atomic E-state index is 11.8. The second-order valence-electron chi connectivity index (χ2n) is 5.25. The fourth-order valence-corrected chi connectivity index (χ4v) is 2.22. The molecule has 1 aliphatic rings. The van der Waals surface area contributed by atoms with Gasteiger partial charge in [0.2, 0.25) is 5.91 Å². The molecule has 2 rings (SSSR count). The minimum absolute atomic E-state index is 0.0433. The van der Waals surface area contributed by atoms with E-state index in [9.17, 15) is 4.79 Å². The monoisotopic (exact) mass is 261 g/mol. The average molecular weight is 261 g/mol. The summed E-state index contributed by atoms with van der Waals surface area (Å²) in [7, 11) is 0. The second kappa shape index (κ2) is 6.55. The van der Waals surface area contributed by atoms with Crippen molar-refractivity contribution in [1.82, 2.24) is 4.98 Å². The van der Waals surface area contributed by atoms with Crippen LogP contribution in [0.3, 0.4) is 0 Å². The summed E-state index contributed by atoms with van der Waals surface area (Å²) in [5.41, 5.74) is 0.783. The van der Waals surface area contributed by atoms with Crippen molar-refractivity contribution < 1.29 is 4.79 Å². The summed E-state index contributed by atoms with van der Waals surface area (Å²) < 4.78 is 0. The molecule has 0 radical (unpaired) electrons. The lowest BCUT2D eigenvalue weighted by molar-refractivity contribution is -0.119. The van der Waals surface area contributed by atoms with Crippen LogP contribution in [0.25, 0.3) is 0 Å². The Hall–Kier alpha value is -1.58. The number of hydrogen-bond acceptors (Lipinski definition) is 3. The minimum Gasteiger partial charge on any atom is -0.357 e. The number of piperidine rings is 1. The number of anilines is 2. The summed E-state index contributed by atoms with van der Waals surface area (Å²) >= 11 is 0. The fourth-order valence-electron chi connectivity index (χ4n) is 2.22. The van der Waals surface area contributed by atoms with E-state index in [2.05, 4.69) is 15.2 Å². The third-order valence-corrected chi connectivity index (χ3v) is 3.76. The zero-order chi connectivity index (χ0) is 13.7. The molecule has 4 nitrogen and oxygen atoms in total. The van der Waals surface area contributed by atoms with Crippen molar-refractivity contribution in [1.29, 1.82) is 0 Å². The Labute approximate surface area is 115 Å². The van der Waals surface area contributed by atoms with Crippen molar-refractivity contribution in [2.75, 3.05) is 23.3 Å². The molecule has 1 fully saturated rings. The number of rotatable bonds is 4. The van der Waals surface area contributed by atoms with Gasteiger partial charge in [0.15, 0.2) is 0 Å². The number of pyridine rings is 1. The molecule has 1 saturated heterocycles. The van der Waals surface area contributed by atoms with E-state index < -0.39 is 0 Å². The van der Waals surface area contributed by atoms with Gasteiger partial charge in [0.1, 0.15) is 5.82 Å². The van der Waals surface area contributed by atoms with Crippen LogP contribution in [-0.2, 0) is 4.79 Å². The molecule has 104 valence electrons. The Morgan fingerprint density at radius 1 is 1.37 bits per heavy atom. The van der Waals surface area contributed by atoms with Gasteiger partial charge in [0.25, 0.3) is 0 Å². The molecular weight excluding hydrogens is 238 g/mol. The van der Waals surface area contributed by atoms with Crippen molar-refractivity contribution in [2.45, 2.75) is 39.5 Å². The summed E-state index contributed by atoms with van der Waals surface area (Å²) in [5.74, 6) is 1.12. The normalized spacial score (nSPS) is 17.1. The number of nitrogens with zero attached hydrogens (tertiary/aromatic N) is 2. The van der Waals surface area contributed by atoms with E-state index in [4.69, 9.17) is 0 Å². The summed E-state index contributed by atoms with van der Waals surface area (Å²) in [5, 5.41) is 2.90. The zero-order valence-electron chi connectivity index (χ0n) is 11.9. The first-order chi connectivity index (χ1) is 9.20. The van der Waals surface area contributed by atoms with Crippen LogP contribution in [0, 0.1) is 5.92 Å². The van der Waals surface area contributed by atoms with Crippen LogP contribution in [0.4, 0.5) is 11.5 Å². The number of carbonyl (C=O) groups excluding carboxylic acids is 1. The van der Waals surface area contributed by atoms with Crippen LogP contribution in [0.15, 0.2) is 18.3 Å². The maximum absolute atomic E-state index is 11.8. The fraction of sp³-hybridized carbons (Fsp3) is 0.600. The van der Waals surface area contributed by atoms with Crippen LogP contribution < -0.4 is 10.2 Å². The number of nitrogens with one attached hydrogen (secondary N) is 1. The highest BCUT2D eigenvalue weighted by Crippen LogP contribution is 2.19. The molecule has 19 heavy (non-hydrogen) atoms. The van der Waals surface area contributed by atoms with Gasteiger partial charge in [0, 0.05) is 19.0 Å². The Morgan fingerprint density at radius 3 is 2.68 bits per heavy atom. The van der Waals surface area contributed by atoms with Gasteiger partial charge in [-0.15, -0.1) is 0 Å². The maximum Gasteiger partial charge on any atom is 0.227 e. The molecule has 1 aromatic rings. The number of carbonyl (C=O) groups is 1. The molecule has 2 heterocycles. The molecule has 4 heteroatoms. The van der Waals surface area contributed by atoms with E-state index >= 15 is 0 Å². The van der Waals surface area contributed by atoms with E-state index in [0.717, 1.165) is 31.0 Å². The van der Waals surface area contributed by atoms with Crippen molar-refractivity contribution in [3.8, 4) is 0 Å². The Morgan fingerprint density at radius 2 is 2.11 bits per heavy atom. The first-order valence-corrected chi connectivity index (χ1v) is 7.22. The van der Waals surface area contributed by atoms with Crippen molar-refractivity contribution in [3.63, 3.8) is 0 Å². The Kier molecular flexibility index (Phi) is 4.77. The topological polar surface area (TPSA) is 45.2 Å². The predicted octanol–water partition coefficient (Wildman–Crippen LogP) is 3.06. The molecule has 1 aliphatic heterocycles. The van der Waals surface area contributed by atoms with Gasteiger partial charge < -0.3 is 10.2 Å². The first kappa shape index (κ1) is 13.8. The molecule has 0 bridgehead atoms. The molecular formula is C15H23N3O. The number of hydrogen-bond donors (Lipinski definition) is 1. The minimum atomic E-state index is 0.0433. The van der Waals surface area contributed by atoms with E-state index in [0.29, 0.717) is 0 Å². The third kappa shape index (κ3) is 3.69. The van der Waals surface area contributed by atoms with Gasteiger partial charge in [-0.1, -0.05) is 13.8 Å². The molecule has 1 unspecified atom stereocenters. The van der Waals surface area contributed by atoms with Crippen molar-refractivity contribution in [3.05, 3.63) is 18.3 Å². The SMILES string of the molecule is CCC(C)C(=O)Nc1ccc(N2CCCCC2)nc1. The van der Waals surface area contributed by atoms with Gasteiger partial charge >= 0.3 is 0 Å². The molecule has 0 aliphatic carbocycles. The molecule has 0 spiro atoms. The molecule has 1 amide bonds. The summed E-state index contributed by atoms with van der Waals surface area (Å²) in [4.78, 5) is 18.5.